The number of nitrogens with one attached hydrogen (secondary N) is 1. The van der Waals surface area contributed by atoms with Crippen molar-refractivity contribution in [3.8, 4) is 11.3 Å². The maximum Gasteiger partial charge on any atom is 0.227 e. The van der Waals surface area contributed by atoms with Gasteiger partial charge in [-0.05, 0) is 49.7 Å². The second-order valence-corrected chi connectivity index (χ2v) is 6.91. The monoisotopic (exact) mass is 384 g/mol. The van der Waals surface area contributed by atoms with Crippen molar-refractivity contribution in [1.29, 1.82) is 0 Å². The van der Waals surface area contributed by atoms with E-state index >= 15 is 0 Å². The Hall–Kier alpha value is -3.60. The standard InChI is InChI=1S/C24H24N4O/c1-4-29-18(3)16-28-14-12-21-20(9-6-10-23(21)28)22-11-13-25-24(27-22)26-19-8-5-7-17(2)15-19/h5-15H,3-4,16H2,1-2H3,(H,25,26,27). The summed E-state index contributed by atoms with van der Waals surface area (Å²) in [6, 6.07) is 18.4. The first-order valence-corrected chi connectivity index (χ1v) is 9.69. The first-order valence-electron chi connectivity index (χ1n) is 9.69. The van der Waals surface area contributed by atoms with Gasteiger partial charge >= 0.3 is 0 Å². The van der Waals surface area contributed by atoms with Crippen molar-refractivity contribution in [2.24, 2.45) is 0 Å². The van der Waals surface area contributed by atoms with Gasteiger partial charge in [0.15, 0.2) is 0 Å². The molecule has 0 bridgehead atoms. The molecule has 0 saturated heterocycles. The average Bonchev–Trinajstić information content (AvgIpc) is 3.11. The quantitative estimate of drug-likeness (QED) is 0.415. The summed E-state index contributed by atoms with van der Waals surface area (Å²) in [4.78, 5) is 9.12. The van der Waals surface area contributed by atoms with Crippen molar-refractivity contribution in [2.75, 3.05) is 11.9 Å². The number of aryl methyl sites for hydroxylation is 1. The van der Waals surface area contributed by atoms with E-state index in [0.29, 0.717) is 19.1 Å². The number of nitrogens with zero attached hydrogens (tertiary/aromatic N) is 3. The summed E-state index contributed by atoms with van der Waals surface area (Å²) >= 11 is 0. The number of aromatic nitrogens is 3. The molecule has 4 rings (SSSR count). The van der Waals surface area contributed by atoms with Crippen LogP contribution in [0.25, 0.3) is 22.2 Å². The Bertz CT molecular complexity index is 1160. The molecule has 0 unspecified atom stereocenters. The molecule has 4 aromatic rings. The number of fused-ring (bicyclic) bond motifs is 1. The highest BCUT2D eigenvalue weighted by atomic mass is 16.5. The molecule has 0 radical (unpaired) electrons. The fourth-order valence-corrected chi connectivity index (χ4v) is 3.45. The molecular weight excluding hydrogens is 360 g/mol. The zero-order valence-electron chi connectivity index (χ0n) is 16.7. The second kappa shape index (κ2) is 8.19. The summed E-state index contributed by atoms with van der Waals surface area (Å²) in [5.41, 5.74) is 5.22. The van der Waals surface area contributed by atoms with Gasteiger partial charge in [-0.1, -0.05) is 30.8 Å². The van der Waals surface area contributed by atoms with Gasteiger partial charge in [0, 0.05) is 34.5 Å². The predicted molar refractivity (Wildman–Crippen MR) is 118 cm³/mol. The lowest BCUT2D eigenvalue weighted by atomic mass is 10.1. The van der Waals surface area contributed by atoms with Crippen LogP contribution in [0.3, 0.4) is 0 Å². The first-order chi connectivity index (χ1) is 14.1. The Morgan fingerprint density at radius 2 is 2.00 bits per heavy atom. The van der Waals surface area contributed by atoms with Crippen molar-refractivity contribution in [3.05, 3.63) is 84.9 Å². The predicted octanol–water partition coefficient (Wildman–Crippen LogP) is 5.70. The van der Waals surface area contributed by atoms with E-state index in [0.717, 1.165) is 33.6 Å². The maximum absolute atomic E-state index is 5.52. The first kappa shape index (κ1) is 18.7. The van der Waals surface area contributed by atoms with Gasteiger partial charge in [0.25, 0.3) is 0 Å². The highest BCUT2D eigenvalue weighted by Gasteiger charge is 2.10. The molecule has 0 fully saturated rings. The van der Waals surface area contributed by atoms with Gasteiger partial charge in [0.05, 0.1) is 18.8 Å². The minimum Gasteiger partial charge on any atom is -0.497 e. The van der Waals surface area contributed by atoms with Crippen LogP contribution in [0.1, 0.15) is 12.5 Å². The summed E-state index contributed by atoms with van der Waals surface area (Å²) in [7, 11) is 0. The van der Waals surface area contributed by atoms with Crippen LogP contribution in [0, 0.1) is 6.92 Å². The second-order valence-electron chi connectivity index (χ2n) is 6.91. The molecule has 0 amide bonds. The number of anilines is 2. The number of hydrogen-bond acceptors (Lipinski definition) is 4. The summed E-state index contributed by atoms with van der Waals surface area (Å²) in [5.74, 6) is 1.33. The van der Waals surface area contributed by atoms with Crippen molar-refractivity contribution >= 4 is 22.5 Å². The normalized spacial score (nSPS) is 10.8. The summed E-state index contributed by atoms with van der Waals surface area (Å²) in [6.45, 7) is 9.28. The van der Waals surface area contributed by atoms with E-state index in [1.54, 1.807) is 6.20 Å². The van der Waals surface area contributed by atoms with E-state index in [2.05, 4.69) is 64.9 Å². The number of benzene rings is 2. The largest absolute Gasteiger partial charge is 0.497 e. The SMILES string of the molecule is C=C(Cn1ccc2c(-c3ccnc(Nc4cccc(C)c4)n3)cccc21)OCC. The molecule has 0 aliphatic carbocycles. The molecule has 0 spiro atoms. The smallest absolute Gasteiger partial charge is 0.227 e. The summed E-state index contributed by atoms with van der Waals surface area (Å²) in [6.07, 6.45) is 3.85. The number of hydrogen-bond donors (Lipinski definition) is 1. The highest BCUT2D eigenvalue weighted by molar-refractivity contribution is 5.94. The molecule has 29 heavy (non-hydrogen) atoms. The molecule has 2 aromatic carbocycles. The van der Waals surface area contributed by atoms with E-state index in [1.165, 1.54) is 5.56 Å². The lowest BCUT2D eigenvalue weighted by molar-refractivity contribution is 0.216. The van der Waals surface area contributed by atoms with Crippen molar-refractivity contribution < 1.29 is 4.74 Å². The lowest BCUT2D eigenvalue weighted by Gasteiger charge is -2.10. The average molecular weight is 384 g/mol. The van der Waals surface area contributed by atoms with Gasteiger partial charge in [-0.2, -0.15) is 0 Å². The van der Waals surface area contributed by atoms with Crippen molar-refractivity contribution in [1.82, 2.24) is 14.5 Å². The maximum atomic E-state index is 5.52. The molecular formula is C24H24N4O. The zero-order chi connectivity index (χ0) is 20.2. The van der Waals surface area contributed by atoms with Crippen LogP contribution in [0.15, 0.2) is 79.3 Å². The van der Waals surface area contributed by atoms with E-state index in [-0.39, 0.29) is 0 Å². The molecule has 146 valence electrons. The van der Waals surface area contributed by atoms with Gasteiger partial charge < -0.3 is 14.6 Å². The molecule has 0 atom stereocenters. The van der Waals surface area contributed by atoms with Gasteiger partial charge in [-0.25, -0.2) is 9.97 Å². The Labute approximate surface area is 170 Å². The Morgan fingerprint density at radius 1 is 1.14 bits per heavy atom. The molecule has 1 N–H and O–H groups in total. The Kier molecular flexibility index (Phi) is 5.29. The molecule has 5 nitrogen and oxygen atoms in total. The fraction of sp³-hybridized carbons (Fsp3) is 0.167. The topological polar surface area (TPSA) is 52.0 Å². The Balaban J connectivity index is 1.66. The summed E-state index contributed by atoms with van der Waals surface area (Å²) in [5, 5.41) is 4.43. The fourth-order valence-electron chi connectivity index (χ4n) is 3.45. The Morgan fingerprint density at radius 3 is 2.83 bits per heavy atom. The van der Waals surface area contributed by atoms with Crippen LogP contribution in [-0.2, 0) is 11.3 Å². The number of allylic oxidation sites excluding steroid dienone is 1. The third-order valence-corrected chi connectivity index (χ3v) is 4.71. The molecule has 2 heterocycles. The number of ether oxygens (including phenoxy) is 1. The molecule has 5 heteroatoms. The van der Waals surface area contributed by atoms with E-state index < -0.39 is 0 Å². The minimum absolute atomic E-state index is 0.578. The van der Waals surface area contributed by atoms with Crippen molar-refractivity contribution in [3.63, 3.8) is 0 Å². The molecule has 0 saturated carbocycles. The van der Waals surface area contributed by atoms with Gasteiger partial charge in [0.2, 0.25) is 5.95 Å². The van der Waals surface area contributed by atoms with E-state index in [1.807, 2.05) is 31.2 Å². The van der Waals surface area contributed by atoms with Gasteiger partial charge in [0.1, 0.15) is 5.76 Å². The van der Waals surface area contributed by atoms with Crippen LogP contribution in [0.2, 0.25) is 0 Å². The minimum atomic E-state index is 0.578. The highest BCUT2D eigenvalue weighted by Crippen LogP contribution is 2.29. The molecule has 0 aliphatic rings. The molecule has 0 aliphatic heterocycles. The lowest BCUT2D eigenvalue weighted by Crippen LogP contribution is -2.02. The van der Waals surface area contributed by atoms with Gasteiger partial charge in [-0.3, -0.25) is 0 Å². The van der Waals surface area contributed by atoms with E-state index in [9.17, 15) is 0 Å². The van der Waals surface area contributed by atoms with Crippen LogP contribution in [0.5, 0.6) is 0 Å². The summed E-state index contributed by atoms with van der Waals surface area (Å²) < 4.78 is 7.66. The van der Waals surface area contributed by atoms with Crippen LogP contribution < -0.4 is 5.32 Å². The van der Waals surface area contributed by atoms with Crippen LogP contribution >= 0.6 is 0 Å². The van der Waals surface area contributed by atoms with Crippen LogP contribution in [0.4, 0.5) is 11.6 Å². The number of rotatable bonds is 7. The molecule has 2 aromatic heterocycles. The van der Waals surface area contributed by atoms with Gasteiger partial charge in [-0.15, -0.1) is 0 Å². The van der Waals surface area contributed by atoms with E-state index in [4.69, 9.17) is 9.72 Å². The van der Waals surface area contributed by atoms with Crippen LogP contribution in [-0.4, -0.2) is 21.1 Å². The zero-order valence-corrected chi connectivity index (χ0v) is 16.7. The van der Waals surface area contributed by atoms with Crippen molar-refractivity contribution in [2.45, 2.75) is 20.4 Å². The third-order valence-electron chi connectivity index (χ3n) is 4.71. The third kappa shape index (κ3) is 4.14.